The molecule has 0 aromatic carbocycles. The molecule has 0 fully saturated rings. The number of unbranched alkanes of at least 4 members (excludes halogenated alkanes) is 1. The molecule has 0 N–H and O–H groups in total. The number of carbonyl (C=O) groups is 1. The van der Waals surface area contributed by atoms with Crippen molar-refractivity contribution in [3.8, 4) is 0 Å². The summed E-state index contributed by atoms with van der Waals surface area (Å²) in [5.74, 6) is -0.290. The molecular formula is C13H26O3Si. The molecule has 3 nitrogen and oxygen atoms in total. The lowest BCUT2D eigenvalue weighted by Crippen LogP contribution is -2.30. The number of carbonyl (C=O) groups excluding carboxylic acids is 1. The molecule has 100 valence electrons. The van der Waals surface area contributed by atoms with Crippen LogP contribution in [0, 0.1) is 0 Å². The number of hydrogen-bond donors (Lipinski definition) is 0. The zero-order valence-electron chi connectivity index (χ0n) is 11.7. The molecule has 0 heterocycles. The van der Waals surface area contributed by atoms with Crippen molar-refractivity contribution in [3.63, 3.8) is 0 Å². The fourth-order valence-corrected chi connectivity index (χ4v) is 2.61. The first-order valence-corrected chi connectivity index (χ1v) is 7.20. The van der Waals surface area contributed by atoms with E-state index in [0.717, 1.165) is 42.6 Å². The molecule has 0 rings (SSSR count). The van der Waals surface area contributed by atoms with E-state index in [1.54, 1.807) is 6.92 Å². The SMILES string of the molecule is C=C(C)C(=O)OCCCCC(CC)(CC)O[SiH3]. The average molecular weight is 258 g/mol. The molecule has 0 saturated carbocycles. The van der Waals surface area contributed by atoms with Crippen molar-refractivity contribution in [1.82, 2.24) is 0 Å². The van der Waals surface area contributed by atoms with Gasteiger partial charge >= 0.3 is 5.97 Å². The molecule has 0 aliphatic carbocycles. The summed E-state index contributed by atoms with van der Waals surface area (Å²) in [7, 11) is 0.782. The van der Waals surface area contributed by atoms with E-state index in [4.69, 9.17) is 9.16 Å². The van der Waals surface area contributed by atoms with E-state index in [2.05, 4.69) is 20.4 Å². The maximum Gasteiger partial charge on any atom is 0.333 e. The molecule has 0 spiro atoms. The summed E-state index contributed by atoms with van der Waals surface area (Å²) in [5, 5.41) is 0. The molecular weight excluding hydrogens is 232 g/mol. The van der Waals surface area contributed by atoms with Crippen molar-refractivity contribution in [3.05, 3.63) is 12.2 Å². The summed E-state index contributed by atoms with van der Waals surface area (Å²) in [5.41, 5.74) is 0.522. The minimum Gasteiger partial charge on any atom is -0.462 e. The van der Waals surface area contributed by atoms with E-state index in [-0.39, 0.29) is 11.6 Å². The van der Waals surface area contributed by atoms with Crippen LogP contribution in [0.5, 0.6) is 0 Å². The Morgan fingerprint density at radius 1 is 1.29 bits per heavy atom. The molecule has 0 amide bonds. The van der Waals surface area contributed by atoms with Crippen LogP contribution >= 0.6 is 0 Å². The van der Waals surface area contributed by atoms with Gasteiger partial charge in [0.05, 0.1) is 12.2 Å². The number of rotatable bonds is 9. The predicted molar refractivity (Wildman–Crippen MR) is 74.0 cm³/mol. The van der Waals surface area contributed by atoms with Crippen LogP contribution in [0.25, 0.3) is 0 Å². The molecule has 0 bridgehead atoms. The van der Waals surface area contributed by atoms with Gasteiger partial charge in [0.25, 0.3) is 0 Å². The van der Waals surface area contributed by atoms with E-state index in [1.165, 1.54) is 0 Å². The molecule has 0 atom stereocenters. The Kier molecular flexibility index (Phi) is 8.17. The molecule has 0 aromatic rings. The highest BCUT2D eigenvalue weighted by atomic mass is 28.2. The van der Waals surface area contributed by atoms with Gasteiger partial charge < -0.3 is 9.16 Å². The highest BCUT2D eigenvalue weighted by Gasteiger charge is 2.23. The highest BCUT2D eigenvalue weighted by Crippen LogP contribution is 2.25. The van der Waals surface area contributed by atoms with Gasteiger partial charge in [0.2, 0.25) is 0 Å². The van der Waals surface area contributed by atoms with Gasteiger partial charge in [0.15, 0.2) is 0 Å². The van der Waals surface area contributed by atoms with E-state index in [0.29, 0.717) is 12.2 Å². The molecule has 0 unspecified atom stereocenters. The van der Waals surface area contributed by atoms with E-state index < -0.39 is 0 Å². The Bertz CT molecular complexity index is 239. The van der Waals surface area contributed by atoms with Gasteiger partial charge in [-0.1, -0.05) is 20.4 Å². The topological polar surface area (TPSA) is 35.5 Å². The molecule has 0 aromatic heterocycles. The second-order valence-electron chi connectivity index (χ2n) is 4.47. The standard InChI is InChI=1S/C13H26O3Si/c1-5-13(6-2,16-17)9-7-8-10-15-12(14)11(3)4/h3,5-10H2,1-2,4,17H3. The predicted octanol–water partition coefficient (Wildman–Crippen LogP) is 2.13. The van der Waals surface area contributed by atoms with Crippen molar-refractivity contribution in [2.75, 3.05) is 6.61 Å². The third-order valence-electron chi connectivity index (χ3n) is 3.33. The Morgan fingerprint density at radius 2 is 1.88 bits per heavy atom. The largest absolute Gasteiger partial charge is 0.462 e. The Morgan fingerprint density at radius 3 is 2.29 bits per heavy atom. The smallest absolute Gasteiger partial charge is 0.333 e. The second-order valence-corrected chi connectivity index (χ2v) is 4.88. The molecule has 0 saturated heterocycles. The maximum atomic E-state index is 11.1. The summed E-state index contributed by atoms with van der Waals surface area (Å²) in [6.07, 6.45) is 5.09. The summed E-state index contributed by atoms with van der Waals surface area (Å²) in [6.45, 7) is 10.0. The van der Waals surface area contributed by atoms with Crippen LogP contribution in [0.2, 0.25) is 0 Å². The molecule has 0 aliphatic rings. The van der Waals surface area contributed by atoms with Crippen LogP contribution in [-0.2, 0) is 14.0 Å². The average Bonchev–Trinajstić information content (AvgIpc) is 2.34. The minimum absolute atomic E-state index is 0.0601. The fourth-order valence-electron chi connectivity index (χ4n) is 1.83. The first-order valence-electron chi connectivity index (χ1n) is 6.39. The van der Waals surface area contributed by atoms with Gasteiger partial charge in [-0.25, -0.2) is 4.79 Å². The van der Waals surface area contributed by atoms with Crippen LogP contribution < -0.4 is 0 Å². The Labute approximate surface area is 108 Å². The highest BCUT2D eigenvalue weighted by molar-refractivity contribution is 5.98. The zero-order valence-corrected chi connectivity index (χ0v) is 13.7. The normalized spacial score (nSPS) is 11.5. The van der Waals surface area contributed by atoms with Crippen LogP contribution in [0.1, 0.15) is 52.9 Å². The lowest BCUT2D eigenvalue weighted by atomic mass is 9.91. The number of hydrogen-bond acceptors (Lipinski definition) is 3. The van der Waals surface area contributed by atoms with Gasteiger partial charge in [0.1, 0.15) is 10.5 Å². The lowest BCUT2D eigenvalue weighted by molar-refractivity contribution is -0.139. The van der Waals surface area contributed by atoms with Crippen molar-refractivity contribution >= 4 is 16.5 Å². The van der Waals surface area contributed by atoms with Gasteiger partial charge in [-0.05, 0) is 39.0 Å². The van der Waals surface area contributed by atoms with Crippen molar-refractivity contribution in [2.24, 2.45) is 0 Å². The number of esters is 1. The van der Waals surface area contributed by atoms with Gasteiger partial charge in [0, 0.05) is 5.57 Å². The summed E-state index contributed by atoms with van der Waals surface area (Å²) in [6, 6.07) is 0. The third kappa shape index (κ3) is 6.03. The zero-order chi connectivity index (χ0) is 13.3. The Balaban J connectivity index is 3.76. The van der Waals surface area contributed by atoms with Gasteiger partial charge in [-0.2, -0.15) is 0 Å². The van der Waals surface area contributed by atoms with E-state index in [9.17, 15) is 4.79 Å². The first kappa shape index (κ1) is 16.4. The van der Waals surface area contributed by atoms with E-state index in [1.807, 2.05) is 0 Å². The van der Waals surface area contributed by atoms with Crippen molar-refractivity contribution < 1.29 is 14.0 Å². The molecule has 0 radical (unpaired) electrons. The second kappa shape index (κ2) is 8.47. The molecule has 0 aliphatic heterocycles. The van der Waals surface area contributed by atoms with Crippen LogP contribution in [-0.4, -0.2) is 28.7 Å². The summed E-state index contributed by atoms with van der Waals surface area (Å²) in [4.78, 5) is 11.1. The minimum atomic E-state index is -0.290. The number of ether oxygens (including phenoxy) is 1. The molecule has 17 heavy (non-hydrogen) atoms. The van der Waals surface area contributed by atoms with Gasteiger partial charge in [-0.3, -0.25) is 0 Å². The fraction of sp³-hybridized carbons (Fsp3) is 0.769. The quantitative estimate of drug-likeness (QED) is 0.275. The van der Waals surface area contributed by atoms with Gasteiger partial charge in [-0.15, -0.1) is 0 Å². The van der Waals surface area contributed by atoms with E-state index >= 15 is 0 Å². The molecule has 4 heteroatoms. The maximum absolute atomic E-state index is 11.1. The third-order valence-corrected chi connectivity index (χ3v) is 4.20. The summed E-state index contributed by atoms with van der Waals surface area (Å²) < 4.78 is 10.8. The Hall–Kier alpha value is -0.613. The van der Waals surface area contributed by atoms with Crippen molar-refractivity contribution in [2.45, 2.75) is 58.5 Å². The van der Waals surface area contributed by atoms with Crippen molar-refractivity contribution in [1.29, 1.82) is 0 Å². The van der Waals surface area contributed by atoms with Crippen LogP contribution in [0.15, 0.2) is 12.2 Å². The van der Waals surface area contributed by atoms with Crippen LogP contribution in [0.4, 0.5) is 0 Å². The van der Waals surface area contributed by atoms with Crippen LogP contribution in [0.3, 0.4) is 0 Å². The first-order chi connectivity index (χ1) is 8.01. The lowest BCUT2D eigenvalue weighted by Gasteiger charge is -2.31. The summed E-state index contributed by atoms with van der Waals surface area (Å²) >= 11 is 0. The monoisotopic (exact) mass is 258 g/mol.